The molecule has 0 aliphatic heterocycles. The number of rotatable bonds is 4. The lowest BCUT2D eigenvalue weighted by atomic mass is 10.1. The molecule has 0 bridgehead atoms. The van der Waals surface area contributed by atoms with Gasteiger partial charge in [-0.1, -0.05) is 30.3 Å². The minimum atomic E-state index is -0.352. The minimum absolute atomic E-state index is 0. The highest BCUT2D eigenvalue weighted by Crippen LogP contribution is 2.08. The summed E-state index contributed by atoms with van der Waals surface area (Å²) in [5.41, 5.74) is 8.18. The van der Waals surface area contributed by atoms with Gasteiger partial charge in [0, 0.05) is 5.69 Å². The summed E-state index contributed by atoms with van der Waals surface area (Å²) in [6, 6.07) is 16.6. The maximum Gasteiger partial charge on any atom is 0.337 e. The molecular weight excluding hydrogens is 393 g/mol. The van der Waals surface area contributed by atoms with Gasteiger partial charge >= 0.3 is 5.97 Å². The first-order chi connectivity index (χ1) is 10.2. The maximum absolute atomic E-state index is 11.3. The van der Waals surface area contributed by atoms with E-state index in [-0.39, 0.29) is 29.9 Å². The summed E-state index contributed by atoms with van der Waals surface area (Å²) < 4.78 is 4.64. The quantitative estimate of drug-likeness (QED) is 0.351. The summed E-state index contributed by atoms with van der Waals surface area (Å²) in [5, 5.41) is 3.00. The first-order valence-electron chi connectivity index (χ1n) is 6.48. The first-order valence-corrected chi connectivity index (χ1v) is 6.48. The number of guanidine groups is 1. The smallest absolute Gasteiger partial charge is 0.337 e. The van der Waals surface area contributed by atoms with Gasteiger partial charge in [-0.15, -0.1) is 24.0 Å². The third-order valence-corrected chi connectivity index (χ3v) is 2.85. The van der Waals surface area contributed by atoms with Crippen molar-refractivity contribution in [3.63, 3.8) is 0 Å². The van der Waals surface area contributed by atoms with Gasteiger partial charge < -0.3 is 15.8 Å². The molecule has 2 rings (SSSR count). The monoisotopic (exact) mass is 411 g/mol. The van der Waals surface area contributed by atoms with Gasteiger partial charge in [0.05, 0.1) is 19.2 Å². The van der Waals surface area contributed by atoms with E-state index in [1.807, 2.05) is 42.5 Å². The number of aliphatic imine (C=N–C) groups is 1. The number of esters is 1. The number of hydrogen-bond acceptors (Lipinski definition) is 3. The molecule has 0 heterocycles. The summed E-state index contributed by atoms with van der Waals surface area (Å²) in [6.07, 6.45) is 0. The summed E-state index contributed by atoms with van der Waals surface area (Å²) in [5.74, 6) is -0.00597. The SMILES string of the molecule is COC(=O)c1ccc(CN=C(N)Nc2ccccc2)cc1.I. The fourth-order valence-electron chi connectivity index (χ4n) is 1.75. The molecule has 3 N–H and O–H groups in total. The van der Waals surface area contributed by atoms with Crippen molar-refractivity contribution >= 4 is 41.6 Å². The number of carbonyl (C=O) groups excluding carboxylic acids is 1. The van der Waals surface area contributed by atoms with Gasteiger partial charge in [-0.3, -0.25) is 0 Å². The third kappa shape index (κ3) is 5.36. The molecule has 0 fully saturated rings. The summed E-state index contributed by atoms with van der Waals surface area (Å²) in [6.45, 7) is 0.438. The van der Waals surface area contributed by atoms with Gasteiger partial charge in [-0.05, 0) is 29.8 Å². The van der Waals surface area contributed by atoms with Crippen LogP contribution in [0.1, 0.15) is 15.9 Å². The van der Waals surface area contributed by atoms with Crippen LogP contribution in [0, 0.1) is 0 Å². The van der Waals surface area contributed by atoms with E-state index in [1.54, 1.807) is 12.1 Å². The second-order valence-corrected chi connectivity index (χ2v) is 4.38. The molecule has 116 valence electrons. The van der Waals surface area contributed by atoms with E-state index < -0.39 is 0 Å². The van der Waals surface area contributed by atoms with E-state index in [1.165, 1.54) is 7.11 Å². The molecule has 5 nitrogen and oxygen atoms in total. The van der Waals surface area contributed by atoms with Crippen LogP contribution in [0.2, 0.25) is 0 Å². The minimum Gasteiger partial charge on any atom is -0.465 e. The Morgan fingerprint density at radius 2 is 1.77 bits per heavy atom. The second kappa shape index (κ2) is 9.04. The molecule has 2 aromatic carbocycles. The molecule has 0 unspecified atom stereocenters. The number of hydrogen-bond donors (Lipinski definition) is 2. The van der Waals surface area contributed by atoms with Crippen molar-refractivity contribution in [1.29, 1.82) is 0 Å². The molecule has 0 atom stereocenters. The van der Waals surface area contributed by atoms with E-state index in [9.17, 15) is 4.79 Å². The zero-order valence-electron chi connectivity index (χ0n) is 12.2. The number of carbonyl (C=O) groups is 1. The Hall–Kier alpha value is -2.09. The molecule has 0 aliphatic carbocycles. The number of nitrogens with two attached hydrogens (primary N) is 1. The molecule has 0 aliphatic rings. The van der Waals surface area contributed by atoms with Gasteiger partial charge in [0.15, 0.2) is 5.96 Å². The number of nitrogens with one attached hydrogen (secondary N) is 1. The third-order valence-electron chi connectivity index (χ3n) is 2.85. The highest BCUT2D eigenvalue weighted by atomic mass is 127. The van der Waals surface area contributed by atoms with Gasteiger partial charge in [0.25, 0.3) is 0 Å². The number of anilines is 1. The zero-order valence-corrected chi connectivity index (χ0v) is 14.5. The summed E-state index contributed by atoms with van der Waals surface area (Å²) >= 11 is 0. The first kappa shape index (κ1) is 18.0. The van der Waals surface area contributed by atoms with Crippen molar-refractivity contribution in [3.8, 4) is 0 Å². The standard InChI is InChI=1S/C16H17N3O2.HI/c1-21-15(20)13-9-7-12(8-10-13)11-18-16(17)19-14-5-3-2-4-6-14;/h2-10H,11H2,1H3,(H3,17,18,19);1H. The average Bonchev–Trinajstić information content (AvgIpc) is 2.53. The fraction of sp³-hybridized carbons (Fsp3) is 0.125. The van der Waals surface area contributed by atoms with Gasteiger partial charge in [0.1, 0.15) is 0 Å². The Bertz CT molecular complexity index is 628. The second-order valence-electron chi connectivity index (χ2n) is 4.38. The van der Waals surface area contributed by atoms with E-state index in [4.69, 9.17) is 5.73 Å². The molecule has 2 aromatic rings. The topological polar surface area (TPSA) is 76.7 Å². The van der Waals surface area contributed by atoms with E-state index in [0.29, 0.717) is 18.1 Å². The predicted molar refractivity (Wildman–Crippen MR) is 98.6 cm³/mol. The molecule has 0 radical (unpaired) electrons. The van der Waals surface area contributed by atoms with Crippen LogP contribution in [0.25, 0.3) is 0 Å². The van der Waals surface area contributed by atoms with Crippen LogP contribution in [0.3, 0.4) is 0 Å². The fourth-order valence-corrected chi connectivity index (χ4v) is 1.75. The van der Waals surface area contributed by atoms with E-state index in [2.05, 4.69) is 15.0 Å². The number of nitrogens with zero attached hydrogens (tertiary/aromatic N) is 1. The van der Waals surface area contributed by atoms with E-state index in [0.717, 1.165) is 11.3 Å². The highest BCUT2D eigenvalue weighted by Gasteiger charge is 2.03. The molecule has 0 spiro atoms. The number of methoxy groups -OCH3 is 1. The molecule has 0 saturated heterocycles. The van der Waals surface area contributed by atoms with Crippen LogP contribution < -0.4 is 11.1 Å². The van der Waals surface area contributed by atoms with Crippen molar-refractivity contribution < 1.29 is 9.53 Å². The van der Waals surface area contributed by atoms with Crippen molar-refractivity contribution in [1.82, 2.24) is 0 Å². The molecule has 0 amide bonds. The van der Waals surface area contributed by atoms with Crippen molar-refractivity contribution in [2.24, 2.45) is 10.7 Å². The predicted octanol–water partition coefficient (Wildman–Crippen LogP) is 3.02. The Labute approximate surface area is 146 Å². The Kier molecular flexibility index (Phi) is 7.38. The molecular formula is C16H18IN3O2. The number of benzene rings is 2. The van der Waals surface area contributed by atoms with Crippen molar-refractivity contribution in [2.45, 2.75) is 6.54 Å². The van der Waals surface area contributed by atoms with Gasteiger partial charge in [-0.2, -0.15) is 0 Å². The maximum atomic E-state index is 11.3. The van der Waals surface area contributed by atoms with Crippen LogP contribution >= 0.6 is 24.0 Å². The Morgan fingerprint density at radius 1 is 1.14 bits per heavy atom. The largest absolute Gasteiger partial charge is 0.465 e. The molecule has 22 heavy (non-hydrogen) atoms. The van der Waals surface area contributed by atoms with Crippen LogP contribution in [0.4, 0.5) is 5.69 Å². The van der Waals surface area contributed by atoms with Crippen LogP contribution in [0.15, 0.2) is 59.6 Å². The van der Waals surface area contributed by atoms with Crippen LogP contribution in [-0.2, 0) is 11.3 Å². The molecule has 6 heteroatoms. The molecule has 0 saturated carbocycles. The number of ether oxygens (including phenoxy) is 1. The lowest BCUT2D eigenvalue weighted by Crippen LogP contribution is -2.22. The average molecular weight is 411 g/mol. The summed E-state index contributed by atoms with van der Waals surface area (Å²) in [7, 11) is 1.36. The lowest BCUT2D eigenvalue weighted by molar-refractivity contribution is 0.0600. The normalized spacial score (nSPS) is 10.5. The highest BCUT2D eigenvalue weighted by molar-refractivity contribution is 14.0. The van der Waals surface area contributed by atoms with Crippen molar-refractivity contribution in [3.05, 3.63) is 65.7 Å². The summed E-state index contributed by atoms with van der Waals surface area (Å²) in [4.78, 5) is 15.6. The van der Waals surface area contributed by atoms with Gasteiger partial charge in [-0.25, -0.2) is 9.79 Å². The van der Waals surface area contributed by atoms with Gasteiger partial charge in [0.2, 0.25) is 0 Å². The van der Waals surface area contributed by atoms with Crippen LogP contribution in [0.5, 0.6) is 0 Å². The van der Waals surface area contributed by atoms with Crippen molar-refractivity contribution in [2.75, 3.05) is 12.4 Å². The Morgan fingerprint density at radius 3 is 2.36 bits per heavy atom. The lowest BCUT2D eigenvalue weighted by Gasteiger charge is -2.05. The number of para-hydroxylation sites is 1. The molecule has 0 aromatic heterocycles. The van der Waals surface area contributed by atoms with E-state index >= 15 is 0 Å². The Balaban J connectivity index is 0.00000242. The van der Waals surface area contributed by atoms with Crippen LogP contribution in [-0.4, -0.2) is 19.0 Å². The zero-order chi connectivity index (χ0) is 15.1. The number of halogens is 1.